The molecule has 0 saturated carbocycles. The number of hydrogen-bond acceptors (Lipinski definition) is 4. The Morgan fingerprint density at radius 1 is 1.29 bits per heavy atom. The first-order chi connectivity index (χ1) is 14.6. The first-order valence-corrected chi connectivity index (χ1v) is 10.5. The van der Waals surface area contributed by atoms with Crippen molar-refractivity contribution in [2.75, 3.05) is 32.0 Å². The van der Waals surface area contributed by atoms with E-state index in [0.29, 0.717) is 18.9 Å². The van der Waals surface area contributed by atoms with Crippen LogP contribution in [0.1, 0.15) is 39.2 Å². The molecule has 1 fully saturated rings. The van der Waals surface area contributed by atoms with Crippen LogP contribution in [0.4, 0.5) is 14.6 Å². The number of amides is 1. The number of likely N-dealkylation sites (tertiary alicyclic amines) is 1. The molecule has 1 aliphatic rings. The van der Waals surface area contributed by atoms with Gasteiger partial charge in [-0.2, -0.15) is 0 Å². The summed E-state index contributed by atoms with van der Waals surface area (Å²) >= 11 is 0. The van der Waals surface area contributed by atoms with Gasteiger partial charge in [0.1, 0.15) is 11.5 Å². The Morgan fingerprint density at radius 3 is 2.61 bits per heavy atom. The molecule has 0 aliphatic carbocycles. The van der Waals surface area contributed by atoms with Gasteiger partial charge in [0.15, 0.2) is 5.67 Å². The van der Waals surface area contributed by atoms with E-state index < -0.39 is 17.2 Å². The lowest BCUT2D eigenvalue weighted by Crippen LogP contribution is -2.50. The van der Waals surface area contributed by atoms with Gasteiger partial charge in [-0.1, -0.05) is 18.2 Å². The van der Waals surface area contributed by atoms with Crippen molar-refractivity contribution in [2.24, 2.45) is 4.99 Å². The number of benzene rings is 1. The fourth-order valence-corrected chi connectivity index (χ4v) is 3.90. The molecule has 5 nitrogen and oxygen atoms in total. The van der Waals surface area contributed by atoms with Crippen LogP contribution in [0.2, 0.25) is 0 Å². The number of allylic oxidation sites excluding steroid dienone is 2. The number of carbonyl (C=O) groups is 1. The van der Waals surface area contributed by atoms with Crippen LogP contribution in [0, 0.1) is 0 Å². The van der Waals surface area contributed by atoms with Crippen molar-refractivity contribution in [3.05, 3.63) is 42.1 Å². The molecule has 1 amide bonds. The number of aliphatic imine (C=N–C) groups is 1. The minimum Gasteiger partial charge on any atom is -0.308 e. The van der Waals surface area contributed by atoms with Gasteiger partial charge in [0, 0.05) is 57.3 Å². The zero-order valence-electron chi connectivity index (χ0n) is 18.6. The molecule has 2 aromatic rings. The highest BCUT2D eigenvalue weighted by Gasteiger charge is 2.42. The van der Waals surface area contributed by atoms with Crippen LogP contribution in [-0.4, -0.2) is 60.0 Å². The lowest BCUT2D eigenvalue weighted by Gasteiger charge is -2.37. The van der Waals surface area contributed by atoms with E-state index in [-0.39, 0.29) is 19.4 Å². The average Bonchev–Trinajstić information content (AvgIpc) is 2.72. The summed E-state index contributed by atoms with van der Waals surface area (Å²) in [4.78, 5) is 22.9. The molecule has 1 aromatic carbocycles. The number of fused-ring (bicyclic) bond motifs is 1. The zero-order valence-corrected chi connectivity index (χ0v) is 18.6. The number of carbonyl (C=O) groups excluding carboxylic acids is 1. The Morgan fingerprint density at radius 2 is 2.00 bits per heavy atom. The number of rotatable bonds is 6. The molecular formula is C24H30F2N4O. The monoisotopic (exact) mass is 428 g/mol. The number of nitrogens with zero attached hydrogens (tertiary/aromatic N) is 3. The Bertz CT molecular complexity index is 1000. The normalized spacial score (nSPS) is 17.9. The van der Waals surface area contributed by atoms with Gasteiger partial charge in [-0.25, -0.2) is 13.8 Å². The minimum atomic E-state index is -1.98. The largest absolute Gasteiger partial charge is 0.308 e. The molecule has 31 heavy (non-hydrogen) atoms. The summed E-state index contributed by atoms with van der Waals surface area (Å²) in [6.45, 7) is 5.87. The molecule has 7 heteroatoms. The molecule has 0 bridgehead atoms. The molecule has 0 spiro atoms. The van der Waals surface area contributed by atoms with Crippen molar-refractivity contribution >= 4 is 34.3 Å². The lowest BCUT2D eigenvalue weighted by molar-refractivity contribution is -0.130. The zero-order chi connectivity index (χ0) is 22.6. The van der Waals surface area contributed by atoms with Gasteiger partial charge in [-0.05, 0) is 49.4 Å². The van der Waals surface area contributed by atoms with E-state index in [1.807, 2.05) is 36.1 Å². The molecule has 1 N–H and O–H groups in total. The van der Waals surface area contributed by atoms with Gasteiger partial charge in [0.2, 0.25) is 0 Å². The van der Waals surface area contributed by atoms with E-state index in [0.717, 1.165) is 21.9 Å². The van der Waals surface area contributed by atoms with Crippen molar-refractivity contribution in [3.8, 4) is 0 Å². The van der Waals surface area contributed by atoms with Gasteiger partial charge >= 0.3 is 0 Å². The molecule has 166 valence electrons. The Hall–Kier alpha value is -2.67. The SMILES string of the molecule is C/C=C(\C=N/C)c1ccc2cnc(NC(=O)C3(F)CCN(CC(C)(C)F)CC3)cc2c1. The number of alkyl halides is 2. The maximum atomic E-state index is 15.3. The van der Waals surface area contributed by atoms with Gasteiger partial charge in [-0.3, -0.25) is 14.7 Å². The third-order valence-electron chi connectivity index (χ3n) is 5.53. The van der Waals surface area contributed by atoms with E-state index in [2.05, 4.69) is 15.3 Å². The fraction of sp³-hybridized carbons (Fsp3) is 0.458. The number of aromatic nitrogens is 1. The van der Waals surface area contributed by atoms with E-state index in [1.54, 1.807) is 25.5 Å². The van der Waals surface area contributed by atoms with Gasteiger partial charge in [0.25, 0.3) is 5.91 Å². The topological polar surface area (TPSA) is 57.6 Å². The molecule has 1 aromatic heterocycles. The summed E-state index contributed by atoms with van der Waals surface area (Å²) in [5.74, 6) is -0.382. The second-order valence-corrected chi connectivity index (χ2v) is 8.68. The number of hydrogen-bond donors (Lipinski definition) is 1. The van der Waals surface area contributed by atoms with Crippen LogP contribution in [0.5, 0.6) is 0 Å². The predicted octanol–water partition coefficient (Wildman–Crippen LogP) is 4.83. The van der Waals surface area contributed by atoms with Crippen LogP contribution < -0.4 is 5.32 Å². The van der Waals surface area contributed by atoms with E-state index in [9.17, 15) is 9.18 Å². The van der Waals surface area contributed by atoms with Crippen molar-refractivity contribution in [3.63, 3.8) is 0 Å². The van der Waals surface area contributed by atoms with Crippen LogP contribution in [-0.2, 0) is 4.79 Å². The number of pyridine rings is 1. The average molecular weight is 429 g/mol. The molecule has 0 unspecified atom stereocenters. The fourth-order valence-electron chi connectivity index (χ4n) is 3.90. The summed E-state index contributed by atoms with van der Waals surface area (Å²) in [6.07, 6.45) is 5.49. The first kappa shape index (κ1) is 23.0. The Kier molecular flexibility index (Phi) is 6.84. The number of nitrogens with one attached hydrogen (secondary N) is 1. The summed E-state index contributed by atoms with van der Waals surface area (Å²) < 4.78 is 29.1. The Balaban J connectivity index is 1.73. The van der Waals surface area contributed by atoms with Gasteiger partial charge in [0.05, 0.1) is 0 Å². The smallest absolute Gasteiger partial charge is 0.263 e. The van der Waals surface area contributed by atoms with Crippen molar-refractivity contribution < 1.29 is 13.6 Å². The molecule has 2 heterocycles. The molecule has 1 saturated heterocycles. The van der Waals surface area contributed by atoms with Crippen LogP contribution in [0.25, 0.3) is 16.3 Å². The third-order valence-corrected chi connectivity index (χ3v) is 5.53. The standard InChI is InChI=1S/C24H30F2N4O/c1-5-17(14-27-4)18-6-7-19-15-28-21(13-20(19)12-18)29-22(31)24(26)8-10-30(11-9-24)16-23(2,3)25/h5-7,12-15H,8-11,16H2,1-4H3,(H,28,29,31)/b17-5+,27-14-. The van der Waals surface area contributed by atoms with Crippen molar-refractivity contribution in [1.29, 1.82) is 0 Å². The number of anilines is 1. The molecule has 0 atom stereocenters. The molecule has 0 radical (unpaired) electrons. The van der Waals surface area contributed by atoms with Gasteiger partial charge < -0.3 is 5.32 Å². The van der Waals surface area contributed by atoms with Crippen molar-refractivity contribution in [1.82, 2.24) is 9.88 Å². The lowest BCUT2D eigenvalue weighted by atomic mass is 9.91. The van der Waals surface area contributed by atoms with Gasteiger partial charge in [-0.15, -0.1) is 0 Å². The summed E-state index contributed by atoms with van der Waals surface area (Å²) in [7, 11) is 1.72. The van der Waals surface area contributed by atoms with Crippen LogP contribution in [0.15, 0.2) is 41.5 Å². The molecule has 3 rings (SSSR count). The van der Waals surface area contributed by atoms with Crippen molar-refractivity contribution in [2.45, 2.75) is 45.0 Å². The number of piperidine rings is 1. The summed E-state index contributed by atoms with van der Waals surface area (Å²) in [5.41, 5.74) is -1.35. The first-order valence-electron chi connectivity index (χ1n) is 10.5. The molecule has 1 aliphatic heterocycles. The quantitative estimate of drug-likeness (QED) is 0.671. The highest BCUT2D eigenvalue weighted by atomic mass is 19.1. The molecular weight excluding hydrogens is 398 g/mol. The van der Waals surface area contributed by atoms with E-state index in [4.69, 9.17) is 0 Å². The highest BCUT2D eigenvalue weighted by Crippen LogP contribution is 2.30. The second-order valence-electron chi connectivity index (χ2n) is 8.68. The van der Waals surface area contributed by atoms with E-state index in [1.165, 1.54) is 13.8 Å². The van der Waals surface area contributed by atoms with Crippen LogP contribution in [0.3, 0.4) is 0 Å². The summed E-state index contributed by atoms with van der Waals surface area (Å²) in [6, 6.07) is 7.68. The maximum Gasteiger partial charge on any atom is 0.263 e. The third kappa shape index (κ3) is 5.73. The maximum absolute atomic E-state index is 15.3. The number of halogens is 2. The highest BCUT2D eigenvalue weighted by molar-refractivity contribution is 6.10. The summed E-state index contributed by atoms with van der Waals surface area (Å²) in [5, 5.41) is 4.44. The van der Waals surface area contributed by atoms with Crippen LogP contribution >= 0.6 is 0 Å². The minimum absolute atomic E-state index is 0.0354. The van der Waals surface area contributed by atoms with E-state index >= 15 is 4.39 Å². The predicted molar refractivity (Wildman–Crippen MR) is 123 cm³/mol. The Labute approximate surface area is 182 Å². The second kappa shape index (κ2) is 9.22.